The first kappa shape index (κ1) is 16.2. The summed E-state index contributed by atoms with van der Waals surface area (Å²) in [6.45, 7) is 13.6. The lowest BCUT2D eigenvalue weighted by molar-refractivity contribution is 0.107. The average molecular weight is 283 g/mol. The Hall–Kier alpha value is -0.160. The molecule has 0 aromatic carbocycles. The topological polar surface area (TPSA) is 30.0 Å². The molecule has 0 saturated carbocycles. The molecule has 2 aliphatic rings. The minimum Gasteiger partial charge on any atom is -0.396 e. The zero-order chi connectivity index (χ0) is 14.4. The van der Waals surface area contributed by atoms with Crippen molar-refractivity contribution in [1.82, 2.24) is 14.7 Å². The molecule has 2 fully saturated rings. The number of hydrogen-bond donors (Lipinski definition) is 1. The van der Waals surface area contributed by atoms with E-state index >= 15 is 0 Å². The summed E-state index contributed by atoms with van der Waals surface area (Å²) in [5.41, 5.74) is 0. The minimum absolute atomic E-state index is 0.339. The third-order valence-electron chi connectivity index (χ3n) is 5.16. The first-order chi connectivity index (χ1) is 9.70. The highest BCUT2D eigenvalue weighted by Crippen LogP contribution is 2.22. The molecule has 2 rings (SSSR count). The first-order valence-corrected chi connectivity index (χ1v) is 8.52. The van der Waals surface area contributed by atoms with E-state index in [-0.39, 0.29) is 0 Å². The standard InChI is InChI=1S/C16H33N3O/c1-15-5-6-16(2)19(15)13-12-18-10-8-17(9-11-18)7-3-4-14-20/h15-16,20H,3-14H2,1-2H3. The van der Waals surface area contributed by atoms with E-state index in [1.54, 1.807) is 0 Å². The second-order valence-corrected chi connectivity index (χ2v) is 6.63. The maximum atomic E-state index is 8.82. The normalized spacial score (nSPS) is 30.1. The molecule has 0 aliphatic carbocycles. The Morgan fingerprint density at radius 1 is 0.800 bits per heavy atom. The number of nitrogens with zero attached hydrogens (tertiary/aromatic N) is 3. The number of aliphatic hydroxyl groups is 1. The monoisotopic (exact) mass is 283 g/mol. The van der Waals surface area contributed by atoms with E-state index in [1.165, 1.54) is 52.1 Å². The number of rotatable bonds is 7. The molecule has 2 aliphatic heterocycles. The van der Waals surface area contributed by atoms with Gasteiger partial charge in [-0.3, -0.25) is 9.80 Å². The van der Waals surface area contributed by atoms with Crippen molar-refractivity contribution in [3.05, 3.63) is 0 Å². The van der Waals surface area contributed by atoms with Crippen LogP contribution in [0.4, 0.5) is 0 Å². The van der Waals surface area contributed by atoms with Crippen LogP contribution >= 0.6 is 0 Å². The van der Waals surface area contributed by atoms with Crippen LogP contribution in [0.1, 0.15) is 39.5 Å². The Bertz CT molecular complexity index is 256. The summed E-state index contributed by atoms with van der Waals surface area (Å²) in [6.07, 6.45) is 4.84. The van der Waals surface area contributed by atoms with E-state index in [2.05, 4.69) is 28.5 Å². The molecular weight excluding hydrogens is 250 g/mol. The fraction of sp³-hybridized carbons (Fsp3) is 1.00. The molecule has 20 heavy (non-hydrogen) atoms. The summed E-state index contributed by atoms with van der Waals surface area (Å²) in [7, 11) is 0. The fourth-order valence-electron chi connectivity index (χ4n) is 3.63. The van der Waals surface area contributed by atoms with Gasteiger partial charge in [0.2, 0.25) is 0 Å². The summed E-state index contributed by atoms with van der Waals surface area (Å²) in [4.78, 5) is 7.86. The van der Waals surface area contributed by atoms with Crippen LogP contribution in [0.25, 0.3) is 0 Å². The molecule has 0 aromatic heterocycles. The number of aliphatic hydroxyl groups excluding tert-OH is 1. The number of likely N-dealkylation sites (tertiary alicyclic amines) is 1. The zero-order valence-corrected chi connectivity index (χ0v) is 13.4. The third kappa shape index (κ3) is 4.69. The Balaban J connectivity index is 1.60. The predicted molar refractivity (Wildman–Crippen MR) is 84.1 cm³/mol. The van der Waals surface area contributed by atoms with Gasteiger partial charge in [-0.25, -0.2) is 0 Å². The Kier molecular flexibility index (Phi) is 6.75. The average Bonchev–Trinajstić information content (AvgIpc) is 2.78. The molecule has 0 amide bonds. The van der Waals surface area contributed by atoms with Crippen LogP contribution in [0.3, 0.4) is 0 Å². The van der Waals surface area contributed by atoms with Gasteiger partial charge in [0, 0.05) is 58.0 Å². The van der Waals surface area contributed by atoms with E-state index in [9.17, 15) is 0 Å². The van der Waals surface area contributed by atoms with Gasteiger partial charge in [-0.2, -0.15) is 0 Å². The summed E-state index contributed by atoms with van der Waals surface area (Å²) in [6, 6.07) is 1.56. The van der Waals surface area contributed by atoms with Crippen LogP contribution in [-0.4, -0.2) is 84.3 Å². The van der Waals surface area contributed by atoms with Gasteiger partial charge in [0.15, 0.2) is 0 Å². The van der Waals surface area contributed by atoms with Gasteiger partial charge in [-0.05, 0) is 46.1 Å². The molecule has 2 heterocycles. The van der Waals surface area contributed by atoms with Crippen molar-refractivity contribution in [1.29, 1.82) is 0 Å². The van der Waals surface area contributed by atoms with E-state index in [4.69, 9.17) is 5.11 Å². The maximum absolute atomic E-state index is 8.82. The number of hydrogen-bond acceptors (Lipinski definition) is 4. The minimum atomic E-state index is 0.339. The molecule has 2 atom stereocenters. The molecular formula is C16H33N3O. The highest BCUT2D eigenvalue weighted by molar-refractivity contribution is 4.83. The summed E-state index contributed by atoms with van der Waals surface area (Å²) in [5.74, 6) is 0. The molecule has 0 aromatic rings. The highest BCUT2D eigenvalue weighted by Gasteiger charge is 2.27. The van der Waals surface area contributed by atoms with Gasteiger partial charge < -0.3 is 10.0 Å². The van der Waals surface area contributed by atoms with Crippen molar-refractivity contribution in [2.45, 2.75) is 51.6 Å². The molecule has 118 valence electrons. The van der Waals surface area contributed by atoms with Crippen molar-refractivity contribution < 1.29 is 5.11 Å². The zero-order valence-electron chi connectivity index (χ0n) is 13.4. The predicted octanol–water partition coefficient (Wildman–Crippen LogP) is 1.25. The molecule has 1 N–H and O–H groups in total. The Morgan fingerprint density at radius 2 is 1.35 bits per heavy atom. The smallest absolute Gasteiger partial charge is 0.0431 e. The molecule has 0 spiro atoms. The quantitative estimate of drug-likeness (QED) is 0.712. The first-order valence-electron chi connectivity index (χ1n) is 8.52. The van der Waals surface area contributed by atoms with Crippen LogP contribution in [0.2, 0.25) is 0 Å². The van der Waals surface area contributed by atoms with Crippen molar-refractivity contribution in [2.24, 2.45) is 0 Å². The SMILES string of the molecule is CC1CCC(C)N1CCN1CCN(CCCCO)CC1. The third-order valence-corrected chi connectivity index (χ3v) is 5.16. The molecule has 4 nitrogen and oxygen atoms in total. The van der Waals surface area contributed by atoms with Gasteiger partial charge in [0.25, 0.3) is 0 Å². The van der Waals surface area contributed by atoms with E-state index < -0.39 is 0 Å². The molecule has 4 heteroatoms. The molecule has 2 saturated heterocycles. The Morgan fingerprint density at radius 3 is 1.90 bits per heavy atom. The summed E-state index contributed by atoms with van der Waals surface area (Å²) < 4.78 is 0. The lowest BCUT2D eigenvalue weighted by Crippen LogP contribution is -2.49. The largest absolute Gasteiger partial charge is 0.396 e. The van der Waals surface area contributed by atoms with Crippen LogP contribution in [-0.2, 0) is 0 Å². The van der Waals surface area contributed by atoms with Crippen LogP contribution in [0, 0.1) is 0 Å². The summed E-state index contributed by atoms with van der Waals surface area (Å²) >= 11 is 0. The number of unbranched alkanes of at least 4 members (excludes halogenated alkanes) is 1. The van der Waals surface area contributed by atoms with E-state index in [0.717, 1.165) is 31.5 Å². The van der Waals surface area contributed by atoms with Gasteiger partial charge in [-0.1, -0.05) is 0 Å². The van der Waals surface area contributed by atoms with Crippen LogP contribution < -0.4 is 0 Å². The van der Waals surface area contributed by atoms with Crippen LogP contribution in [0.15, 0.2) is 0 Å². The van der Waals surface area contributed by atoms with E-state index in [1.807, 2.05) is 0 Å². The Labute approximate surface area is 124 Å². The fourth-order valence-corrected chi connectivity index (χ4v) is 3.63. The molecule has 0 bridgehead atoms. The van der Waals surface area contributed by atoms with Crippen molar-refractivity contribution in [3.8, 4) is 0 Å². The van der Waals surface area contributed by atoms with Crippen molar-refractivity contribution >= 4 is 0 Å². The van der Waals surface area contributed by atoms with Crippen LogP contribution in [0.5, 0.6) is 0 Å². The maximum Gasteiger partial charge on any atom is 0.0431 e. The second kappa shape index (κ2) is 8.32. The number of piperazine rings is 1. The van der Waals surface area contributed by atoms with Gasteiger partial charge >= 0.3 is 0 Å². The van der Waals surface area contributed by atoms with Gasteiger partial charge in [0.1, 0.15) is 0 Å². The molecule has 2 unspecified atom stereocenters. The summed E-state index contributed by atoms with van der Waals surface area (Å²) in [5, 5.41) is 8.82. The lowest BCUT2D eigenvalue weighted by Gasteiger charge is -2.36. The van der Waals surface area contributed by atoms with Gasteiger partial charge in [-0.15, -0.1) is 0 Å². The second-order valence-electron chi connectivity index (χ2n) is 6.63. The molecule has 0 radical (unpaired) electrons. The van der Waals surface area contributed by atoms with E-state index in [0.29, 0.717) is 6.61 Å². The van der Waals surface area contributed by atoms with Crippen molar-refractivity contribution in [2.75, 3.05) is 52.4 Å². The van der Waals surface area contributed by atoms with Crippen molar-refractivity contribution in [3.63, 3.8) is 0 Å². The van der Waals surface area contributed by atoms with Gasteiger partial charge in [0.05, 0.1) is 0 Å². The highest BCUT2D eigenvalue weighted by atomic mass is 16.2. The lowest BCUT2D eigenvalue weighted by atomic mass is 10.2.